The fourth-order valence-electron chi connectivity index (χ4n) is 1.02. The van der Waals surface area contributed by atoms with Crippen LogP contribution in [0.3, 0.4) is 0 Å². The quantitative estimate of drug-likeness (QED) is 0.767. The van der Waals surface area contributed by atoms with Gasteiger partial charge in [-0.1, -0.05) is 0 Å². The number of furan rings is 1. The molecule has 1 heterocycles. The summed E-state index contributed by atoms with van der Waals surface area (Å²) in [5.74, 6) is 0.815. The highest BCUT2D eigenvalue weighted by Gasteiger charge is 2.02. The molecular formula is C9H14ClNO2. The Morgan fingerprint density at radius 3 is 2.92 bits per heavy atom. The molecule has 0 aliphatic carbocycles. The van der Waals surface area contributed by atoms with Crippen LogP contribution in [-0.2, 0) is 6.54 Å². The van der Waals surface area contributed by atoms with E-state index >= 15 is 0 Å². The van der Waals surface area contributed by atoms with Gasteiger partial charge in [0.1, 0.15) is 5.76 Å². The minimum Gasteiger partial charge on any atom is -0.448 e. The summed E-state index contributed by atoms with van der Waals surface area (Å²) in [6.07, 6.45) is 0.744. The van der Waals surface area contributed by atoms with Crippen LogP contribution in [0.25, 0.3) is 0 Å². The number of halogens is 1. The normalized spacial score (nSPS) is 13.2. The fraction of sp³-hybridized carbons (Fsp3) is 0.556. The van der Waals surface area contributed by atoms with E-state index in [2.05, 4.69) is 5.32 Å². The van der Waals surface area contributed by atoms with E-state index in [9.17, 15) is 0 Å². The van der Waals surface area contributed by atoms with Gasteiger partial charge in [0.15, 0.2) is 5.22 Å². The molecule has 74 valence electrons. The number of hydrogen-bond donors (Lipinski definition) is 2. The van der Waals surface area contributed by atoms with Gasteiger partial charge in [-0.15, -0.1) is 0 Å². The first-order valence-electron chi connectivity index (χ1n) is 4.31. The average Bonchev–Trinajstić information content (AvgIpc) is 2.49. The van der Waals surface area contributed by atoms with Crippen molar-refractivity contribution in [2.24, 2.45) is 0 Å². The van der Waals surface area contributed by atoms with Crippen molar-refractivity contribution in [1.29, 1.82) is 0 Å². The van der Waals surface area contributed by atoms with Gasteiger partial charge in [0.2, 0.25) is 0 Å². The molecule has 1 atom stereocenters. The van der Waals surface area contributed by atoms with Crippen molar-refractivity contribution >= 4 is 11.6 Å². The van der Waals surface area contributed by atoms with E-state index in [0.29, 0.717) is 11.8 Å². The van der Waals surface area contributed by atoms with E-state index < -0.39 is 0 Å². The maximum Gasteiger partial charge on any atom is 0.193 e. The van der Waals surface area contributed by atoms with Gasteiger partial charge >= 0.3 is 0 Å². The van der Waals surface area contributed by atoms with E-state index in [4.69, 9.17) is 21.1 Å². The van der Waals surface area contributed by atoms with Crippen molar-refractivity contribution in [1.82, 2.24) is 5.32 Å². The third-order valence-corrected chi connectivity index (χ3v) is 2.02. The molecule has 1 unspecified atom stereocenters. The summed E-state index contributed by atoms with van der Waals surface area (Å²) >= 11 is 5.60. The summed E-state index contributed by atoms with van der Waals surface area (Å²) in [5, 5.41) is 12.3. The fourth-order valence-corrected chi connectivity index (χ4v) is 1.18. The minimum atomic E-state index is 0.201. The molecule has 0 saturated carbocycles. The predicted molar refractivity (Wildman–Crippen MR) is 51.7 cm³/mol. The lowest BCUT2D eigenvalue weighted by Crippen LogP contribution is -2.26. The van der Waals surface area contributed by atoms with Crippen LogP contribution < -0.4 is 5.32 Å². The first-order chi connectivity index (χ1) is 6.22. The van der Waals surface area contributed by atoms with Crippen LogP contribution in [0.5, 0.6) is 0 Å². The van der Waals surface area contributed by atoms with Gasteiger partial charge in [-0.25, -0.2) is 0 Å². The minimum absolute atomic E-state index is 0.201. The molecule has 0 aromatic carbocycles. The van der Waals surface area contributed by atoms with Crippen molar-refractivity contribution in [3.63, 3.8) is 0 Å². The van der Waals surface area contributed by atoms with E-state index in [1.807, 2.05) is 13.0 Å². The third-order valence-electron chi connectivity index (χ3n) is 1.82. The first kappa shape index (κ1) is 10.6. The maximum absolute atomic E-state index is 8.65. The largest absolute Gasteiger partial charge is 0.448 e. The monoisotopic (exact) mass is 203 g/mol. The summed E-state index contributed by atoms with van der Waals surface area (Å²) in [5.41, 5.74) is 0. The number of aliphatic hydroxyl groups excluding tert-OH is 1. The highest BCUT2D eigenvalue weighted by Crippen LogP contribution is 2.12. The molecule has 1 aromatic rings. The van der Waals surface area contributed by atoms with Crippen LogP contribution in [0, 0.1) is 0 Å². The Labute approximate surface area is 82.7 Å². The van der Waals surface area contributed by atoms with Crippen LogP contribution in [0.4, 0.5) is 0 Å². The zero-order chi connectivity index (χ0) is 9.68. The summed E-state index contributed by atoms with van der Waals surface area (Å²) in [6.45, 7) is 2.86. The second-order valence-corrected chi connectivity index (χ2v) is 3.37. The molecule has 0 fully saturated rings. The van der Waals surface area contributed by atoms with Crippen LogP contribution in [-0.4, -0.2) is 17.8 Å². The Hall–Kier alpha value is -0.510. The lowest BCUT2D eigenvalue weighted by molar-refractivity contribution is 0.267. The zero-order valence-electron chi connectivity index (χ0n) is 7.59. The molecule has 0 saturated heterocycles. The molecule has 0 aliphatic rings. The highest BCUT2D eigenvalue weighted by atomic mass is 35.5. The average molecular weight is 204 g/mol. The molecule has 4 heteroatoms. The first-order valence-corrected chi connectivity index (χ1v) is 4.68. The Morgan fingerprint density at radius 1 is 1.62 bits per heavy atom. The van der Waals surface area contributed by atoms with Crippen molar-refractivity contribution in [3.05, 3.63) is 23.1 Å². The number of aliphatic hydroxyl groups is 1. The third kappa shape index (κ3) is 3.81. The molecule has 3 nitrogen and oxygen atoms in total. The standard InChI is InChI=1S/C9H14ClNO2/c1-7(4-5-12)11-6-8-2-3-9(10)13-8/h2-3,7,11-12H,4-6H2,1H3. The Morgan fingerprint density at radius 2 is 2.38 bits per heavy atom. The van der Waals surface area contributed by atoms with Gasteiger partial charge in [0.25, 0.3) is 0 Å². The van der Waals surface area contributed by atoms with Crippen LogP contribution in [0.15, 0.2) is 16.5 Å². The van der Waals surface area contributed by atoms with Gasteiger partial charge < -0.3 is 14.8 Å². The zero-order valence-corrected chi connectivity index (χ0v) is 8.34. The van der Waals surface area contributed by atoms with Gasteiger partial charge in [0.05, 0.1) is 6.54 Å². The molecule has 2 N–H and O–H groups in total. The Kier molecular flexibility index (Phi) is 4.28. The van der Waals surface area contributed by atoms with E-state index in [0.717, 1.165) is 12.2 Å². The van der Waals surface area contributed by atoms with Crippen molar-refractivity contribution in [3.8, 4) is 0 Å². The summed E-state index contributed by atoms with van der Waals surface area (Å²) in [4.78, 5) is 0. The van der Waals surface area contributed by atoms with E-state index in [-0.39, 0.29) is 12.6 Å². The van der Waals surface area contributed by atoms with Gasteiger partial charge in [0, 0.05) is 12.6 Å². The second kappa shape index (κ2) is 5.27. The molecular weight excluding hydrogens is 190 g/mol. The second-order valence-electron chi connectivity index (χ2n) is 3.00. The molecule has 0 amide bonds. The number of rotatable bonds is 5. The van der Waals surface area contributed by atoms with Crippen LogP contribution in [0.1, 0.15) is 19.1 Å². The summed E-state index contributed by atoms with van der Waals surface area (Å²) in [6, 6.07) is 3.84. The van der Waals surface area contributed by atoms with Gasteiger partial charge in [-0.05, 0) is 37.1 Å². The van der Waals surface area contributed by atoms with E-state index in [1.165, 1.54) is 0 Å². The molecule has 1 aromatic heterocycles. The van der Waals surface area contributed by atoms with Gasteiger partial charge in [-0.3, -0.25) is 0 Å². The van der Waals surface area contributed by atoms with Crippen molar-refractivity contribution < 1.29 is 9.52 Å². The summed E-state index contributed by atoms with van der Waals surface area (Å²) in [7, 11) is 0. The molecule has 0 bridgehead atoms. The maximum atomic E-state index is 8.65. The van der Waals surface area contributed by atoms with Crippen LogP contribution in [0.2, 0.25) is 5.22 Å². The lowest BCUT2D eigenvalue weighted by atomic mass is 10.2. The molecule has 0 radical (unpaired) electrons. The smallest absolute Gasteiger partial charge is 0.193 e. The number of nitrogens with one attached hydrogen (secondary N) is 1. The van der Waals surface area contributed by atoms with Crippen LogP contribution >= 0.6 is 11.6 Å². The van der Waals surface area contributed by atoms with E-state index in [1.54, 1.807) is 6.07 Å². The Bertz CT molecular complexity index is 250. The molecule has 0 spiro atoms. The lowest BCUT2D eigenvalue weighted by Gasteiger charge is -2.10. The summed E-state index contributed by atoms with van der Waals surface area (Å²) < 4.78 is 5.15. The van der Waals surface area contributed by atoms with Crippen molar-refractivity contribution in [2.75, 3.05) is 6.61 Å². The highest BCUT2D eigenvalue weighted by molar-refractivity contribution is 6.28. The molecule has 0 aliphatic heterocycles. The molecule has 13 heavy (non-hydrogen) atoms. The van der Waals surface area contributed by atoms with Gasteiger partial charge in [-0.2, -0.15) is 0 Å². The molecule has 1 rings (SSSR count). The SMILES string of the molecule is CC(CCO)NCc1ccc(Cl)o1. The topological polar surface area (TPSA) is 45.4 Å². The number of hydrogen-bond acceptors (Lipinski definition) is 3. The predicted octanol–water partition coefficient (Wildman–Crippen LogP) is 1.79. The Balaban J connectivity index is 2.26. The van der Waals surface area contributed by atoms with Crippen molar-refractivity contribution in [2.45, 2.75) is 25.9 Å².